The molecule has 2 aromatic heterocycles. The van der Waals surface area contributed by atoms with Gasteiger partial charge in [-0.15, -0.1) is 0 Å². The first kappa shape index (κ1) is 11.7. The van der Waals surface area contributed by atoms with Crippen LogP contribution in [0.3, 0.4) is 0 Å². The molecule has 0 fully saturated rings. The molecule has 0 atom stereocenters. The number of hydrogen-bond donors (Lipinski definition) is 1. The third kappa shape index (κ3) is 1.74. The number of nitrogens with two attached hydrogens (primary N) is 1. The van der Waals surface area contributed by atoms with E-state index < -0.39 is 0 Å². The molecule has 0 saturated carbocycles. The van der Waals surface area contributed by atoms with Crippen LogP contribution in [-0.2, 0) is 0 Å². The molecule has 19 heavy (non-hydrogen) atoms. The molecule has 0 aliphatic heterocycles. The van der Waals surface area contributed by atoms with Gasteiger partial charge in [0.1, 0.15) is 5.52 Å². The number of anilines is 1. The van der Waals surface area contributed by atoms with Crippen LogP contribution in [0.2, 0.25) is 0 Å². The molecule has 0 bridgehead atoms. The Morgan fingerprint density at radius 3 is 2.79 bits per heavy atom. The monoisotopic (exact) mass is 249 g/mol. The summed E-state index contributed by atoms with van der Waals surface area (Å²) in [7, 11) is 0. The van der Waals surface area contributed by atoms with Gasteiger partial charge in [0.05, 0.1) is 5.52 Å². The number of nitrogen functional groups attached to an aromatic ring is 1. The number of aromatic nitrogens is 2. The molecular formula is C16H15N3. The molecule has 94 valence electrons. The van der Waals surface area contributed by atoms with Gasteiger partial charge in [0, 0.05) is 17.0 Å². The normalized spacial score (nSPS) is 11.7. The van der Waals surface area contributed by atoms with Gasteiger partial charge in [-0.2, -0.15) is 0 Å². The van der Waals surface area contributed by atoms with E-state index in [1.54, 1.807) is 0 Å². The molecule has 1 aromatic carbocycles. The molecule has 2 heterocycles. The summed E-state index contributed by atoms with van der Waals surface area (Å²) in [6.07, 6.45) is 5.93. The Kier molecular flexibility index (Phi) is 2.67. The lowest BCUT2D eigenvalue weighted by atomic mass is 10.0. The quantitative estimate of drug-likeness (QED) is 0.669. The molecule has 0 saturated heterocycles. The number of allylic oxidation sites excluding steroid dienone is 1. The van der Waals surface area contributed by atoms with Crippen LogP contribution in [0, 0.1) is 6.92 Å². The van der Waals surface area contributed by atoms with Crippen molar-refractivity contribution in [3.05, 3.63) is 47.7 Å². The highest BCUT2D eigenvalue weighted by Crippen LogP contribution is 2.30. The molecule has 0 aliphatic carbocycles. The summed E-state index contributed by atoms with van der Waals surface area (Å²) in [6, 6.07) is 8.03. The fourth-order valence-electron chi connectivity index (χ4n) is 2.45. The lowest BCUT2D eigenvalue weighted by Crippen LogP contribution is -1.98. The smallest absolute Gasteiger partial charge is 0.150 e. The number of para-hydroxylation sites is 1. The van der Waals surface area contributed by atoms with E-state index in [-0.39, 0.29) is 0 Å². The van der Waals surface area contributed by atoms with Crippen LogP contribution in [0.25, 0.3) is 27.9 Å². The van der Waals surface area contributed by atoms with Crippen molar-refractivity contribution in [2.75, 3.05) is 5.73 Å². The standard InChI is InChI=1S/C16H15N3/c1-3-6-11-9-18-15-14(10(11)2)12-7-4-5-8-13(12)19-16(15)17/h3-9H,1-2H3,(H2,17,19). The molecule has 0 spiro atoms. The minimum absolute atomic E-state index is 0.490. The van der Waals surface area contributed by atoms with Gasteiger partial charge in [-0.1, -0.05) is 30.4 Å². The van der Waals surface area contributed by atoms with E-state index in [2.05, 4.69) is 29.0 Å². The van der Waals surface area contributed by atoms with Crippen molar-refractivity contribution in [2.45, 2.75) is 13.8 Å². The number of nitrogens with zero attached hydrogens (tertiary/aromatic N) is 2. The van der Waals surface area contributed by atoms with Crippen LogP contribution in [0.5, 0.6) is 0 Å². The Morgan fingerprint density at radius 1 is 1.21 bits per heavy atom. The summed E-state index contributed by atoms with van der Waals surface area (Å²) in [5.74, 6) is 0.490. The van der Waals surface area contributed by atoms with Crippen LogP contribution in [0.15, 0.2) is 36.5 Å². The molecule has 0 amide bonds. The predicted octanol–water partition coefficient (Wildman–Crippen LogP) is 3.71. The lowest BCUT2D eigenvalue weighted by molar-refractivity contribution is 1.32. The van der Waals surface area contributed by atoms with Gasteiger partial charge in [0.25, 0.3) is 0 Å². The van der Waals surface area contributed by atoms with Crippen LogP contribution in [0.4, 0.5) is 5.82 Å². The van der Waals surface area contributed by atoms with Crippen molar-refractivity contribution < 1.29 is 0 Å². The van der Waals surface area contributed by atoms with E-state index in [0.29, 0.717) is 5.82 Å². The van der Waals surface area contributed by atoms with Crippen molar-refractivity contribution in [1.29, 1.82) is 0 Å². The van der Waals surface area contributed by atoms with Gasteiger partial charge in [0.2, 0.25) is 0 Å². The minimum Gasteiger partial charge on any atom is -0.382 e. The van der Waals surface area contributed by atoms with Crippen LogP contribution >= 0.6 is 0 Å². The molecule has 0 radical (unpaired) electrons. The second-order valence-electron chi connectivity index (χ2n) is 4.58. The van der Waals surface area contributed by atoms with Crippen LogP contribution in [-0.4, -0.2) is 9.97 Å². The summed E-state index contributed by atoms with van der Waals surface area (Å²) in [5, 5.41) is 2.20. The molecule has 3 nitrogen and oxygen atoms in total. The van der Waals surface area contributed by atoms with Crippen molar-refractivity contribution in [1.82, 2.24) is 9.97 Å². The predicted molar refractivity (Wildman–Crippen MR) is 80.9 cm³/mol. The van der Waals surface area contributed by atoms with Gasteiger partial charge in [-0.3, -0.25) is 4.98 Å². The number of benzene rings is 1. The Labute approximate surface area is 111 Å². The molecule has 0 aliphatic rings. The summed E-state index contributed by atoms with van der Waals surface area (Å²) in [5.41, 5.74) is 10.0. The fourth-order valence-corrected chi connectivity index (χ4v) is 2.45. The highest BCUT2D eigenvalue weighted by atomic mass is 14.9. The molecule has 3 heteroatoms. The van der Waals surface area contributed by atoms with Gasteiger partial charge in [-0.05, 0) is 31.0 Å². The zero-order valence-corrected chi connectivity index (χ0v) is 11.0. The summed E-state index contributed by atoms with van der Waals surface area (Å²) >= 11 is 0. The van der Waals surface area contributed by atoms with Gasteiger partial charge >= 0.3 is 0 Å². The number of fused-ring (bicyclic) bond motifs is 3. The molecule has 3 rings (SSSR count). The summed E-state index contributed by atoms with van der Waals surface area (Å²) < 4.78 is 0. The number of pyridine rings is 2. The zero-order chi connectivity index (χ0) is 13.4. The Balaban J connectivity index is 2.56. The van der Waals surface area contributed by atoms with Gasteiger partial charge < -0.3 is 5.73 Å². The third-order valence-electron chi connectivity index (χ3n) is 3.38. The van der Waals surface area contributed by atoms with Gasteiger partial charge in [-0.25, -0.2) is 4.98 Å². The highest BCUT2D eigenvalue weighted by molar-refractivity contribution is 6.10. The lowest BCUT2D eigenvalue weighted by Gasteiger charge is -2.10. The maximum Gasteiger partial charge on any atom is 0.150 e. The molecule has 2 N–H and O–H groups in total. The minimum atomic E-state index is 0.490. The average Bonchev–Trinajstić information content (AvgIpc) is 2.42. The first-order valence-corrected chi connectivity index (χ1v) is 6.28. The Hall–Kier alpha value is -2.42. The van der Waals surface area contributed by atoms with Crippen molar-refractivity contribution >= 4 is 33.7 Å². The maximum atomic E-state index is 6.02. The topological polar surface area (TPSA) is 51.8 Å². The van der Waals surface area contributed by atoms with Gasteiger partial charge in [0.15, 0.2) is 5.82 Å². The summed E-state index contributed by atoms with van der Waals surface area (Å²) in [6.45, 7) is 4.11. The molecule has 3 aromatic rings. The molecule has 0 unspecified atom stereocenters. The highest BCUT2D eigenvalue weighted by Gasteiger charge is 2.11. The second kappa shape index (κ2) is 4.35. The third-order valence-corrected chi connectivity index (χ3v) is 3.38. The largest absolute Gasteiger partial charge is 0.382 e. The average molecular weight is 249 g/mol. The number of aryl methyl sites for hydroxylation is 1. The van der Waals surface area contributed by atoms with E-state index in [0.717, 1.165) is 27.4 Å². The fraction of sp³-hybridized carbons (Fsp3) is 0.125. The SMILES string of the molecule is CC=Cc1cnc2c(N)nc3ccccc3c2c1C. The maximum absolute atomic E-state index is 6.02. The summed E-state index contributed by atoms with van der Waals surface area (Å²) in [4.78, 5) is 8.89. The van der Waals surface area contributed by atoms with Crippen LogP contribution < -0.4 is 5.73 Å². The van der Waals surface area contributed by atoms with E-state index in [4.69, 9.17) is 5.73 Å². The van der Waals surface area contributed by atoms with E-state index in [1.165, 1.54) is 5.56 Å². The Morgan fingerprint density at radius 2 is 2.00 bits per heavy atom. The van der Waals surface area contributed by atoms with Crippen molar-refractivity contribution in [2.24, 2.45) is 0 Å². The van der Waals surface area contributed by atoms with Crippen molar-refractivity contribution in [3.8, 4) is 0 Å². The van der Waals surface area contributed by atoms with Crippen molar-refractivity contribution in [3.63, 3.8) is 0 Å². The number of hydrogen-bond acceptors (Lipinski definition) is 3. The first-order valence-electron chi connectivity index (χ1n) is 6.28. The van der Waals surface area contributed by atoms with E-state index >= 15 is 0 Å². The zero-order valence-electron chi connectivity index (χ0n) is 11.0. The number of rotatable bonds is 1. The second-order valence-corrected chi connectivity index (χ2v) is 4.58. The Bertz CT molecular complexity index is 804. The van der Waals surface area contributed by atoms with E-state index in [1.807, 2.05) is 37.4 Å². The van der Waals surface area contributed by atoms with Crippen LogP contribution in [0.1, 0.15) is 18.1 Å². The van der Waals surface area contributed by atoms with E-state index in [9.17, 15) is 0 Å². The first-order chi connectivity index (χ1) is 9.22. The molecular weight excluding hydrogens is 234 g/mol.